The second-order valence-electron chi connectivity index (χ2n) is 8.55. The van der Waals surface area contributed by atoms with E-state index < -0.39 is 56.7 Å². The van der Waals surface area contributed by atoms with Crippen LogP contribution in [0, 0.1) is 5.92 Å². The first-order valence-corrected chi connectivity index (χ1v) is 11.8. The SMILES string of the molecule is CC(Oc1ccc(S(C)(=O)=O)cc1C(=O)N1C[C@H]2C[C@]2(c2cc(C(F)(F)F)on2)C1)C(F)(F)F. The van der Waals surface area contributed by atoms with Gasteiger partial charge in [-0.05, 0) is 37.5 Å². The van der Waals surface area contributed by atoms with E-state index in [0.29, 0.717) is 6.42 Å². The third kappa shape index (κ3) is 4.34. The van der Waals surface area contributed by atoms with E-state index in [9.17, 15) is 39.6 Å². The summed E-state index contributed by atoms with van der Waals surface area (Å²) in [6.07, 6.45) is -10.4. The highest BCUT2D eigenvalue weighted by Gasteiger charge is 2.64. The number of aromatic nitrogens is 1. The third-order valence-corrected chi connectivity index (χ3v) is 7.22. The molecule has 2 heterocycles. The Morgan fingerprint density at radius 3 is 2.47 bits per heavy atom. The van der Waals surface area contributed by atoms with Crippen LogP contribution in [0.1, 0.15) is 35.2 Å². The molecule has 0 radical (unpaired) electrons. The monoisotopic (exact) mass is 512 g/mol. The van der Waals surface area contributed by atoms with E-state index in [1.165, 1.54) is 4.90 Å². The number of carbonyl (C=O) groups excluding carboxylic acids is 1. The Hall–Kier alpha value is -2.77. The quantitative estimate of drug-likeness (QED) is 0.566. The molecule has 1 aliphatic heterocycles. The number of likely N-dealkylation sites (tertiary alicyclic amines) is 1. The smallest absolute Gasteiger partial charge is 0.452 e. The van der Waals surface area contributed by atoms with Gasteiger partial charge in [-0.2, -0.15) is 26.3 Å². The van der Waals surface area contributed by atoms with Gasteiger partial charge in [-0.3, -0.25) is 4.79 Å². The van der Waals surface area contributed by atoms with Crippen LogP contribution in [-0.4, -0.2) is 56.0 Å². The molecule has 0 N–H and O–H groups in total. The van der Waals surface area contributed by atoms with E-state index in [1.807, 2.05) is 0 Å². The summed E-state index contributed by atoms with van der Waals surface area (Å²) in [6, 6.07) is 3.72. The number of rotatable bonds is 5. The first-order chi connectivity index (χ1) is 15.5. The van der Waals surface area contributed by atoms with Crippen molar-refractivity contribution in [2.45, 2.75) is 42.1 Å². The van der Waals surface area contributed by atoms with E-state index in [-0.39, 0.29) is 29.6 Å². The summed E-state index contributed by atoms with van der Waals surface area (Å²) in [5.74, 6) is -2.76. The molecule has 2 fully saturated rings. The summed E-state index contributed by atoms with van der Waals surface area (Å²) in [5.41, 5.74) is -1.23. The molecule has 1 aliphatic carbocycles. The van der Waals surface area contributed by atoms with Crippen molar-refractivity contribution < 1.29 is 48.8 Å². The van der Waals surface area contributed by atoms with Gasteiger partial charge in [0, 0.05) is 30.8 Å². The number of hydrogen-bond acceptors (Lipinski definition) is 6. The fraction of sp³-hybridized carbons (Fsp3) is 0.500. The summed E-state index contributed by atoms with van der Waals surface area (Å²) < 4.78 is 111. The highest BCUT2D eigenvalue weighted by Crippen LogP contribution is 2.59. The Kier molecular flexibility index (Phi) is 5.46. The zero-order chi connectivity index (χ0) is 25.3. The first-order valence-electron chi connectivity index (χ1n) is 9.93. The number of halogens is 6. The van der Waals surface area contributed by atoms with Crippen LogP contribution in [0.2, 0.25) is 0 Å². The Morgan fingerprint density at radius 2 is 1.91 bits per heavy atom. The van der Waals surface area contributed by atoms with Gasteiger partial charge in [0.25, 0.3) is 5.91 Å². The van der Waals surface area contributed by atoms with Crippen molar-refractivity contribution in [1.82, 2.24) is 10.1 Å². The molecule has 0 spiro atoms. The highest BCUT2D eigenvalue weighted by atomic mass is 32.2. The highest BCUT2D eigenvalue weighted by molar-refractivity contribution is 7.90. The van der Waals surface area contributed by atoms with Gasteiger partial charge in [0.2, 0.25) is 5.76 Å². The number of nitrogens with zero attached hydrogens (tertiary/aromatic N) is 2. The molecule has 3 atom stereocenters. The average molecular weight is 512 g/mol. The Morgan fingerprint density at radius 1 is 1.24 bits per heavy atom. The van der Waals surface area contributed by atoms with Crippen molar-refractivity contribution >= 4 is 15.7 Å². The molecule has 7 nitrogen and oxygen atoms in total. The number of carbonyl (C=O) groups is 1. The zero-order valence-electron chi connectivity index (χ0n) is 17.7. The van der Waals surface area contributed by atoms with Crippen molar-refractivity contribution in [1.29, 1.82) is 0 Å². The lowest BCUT2D eigenvalue weighted by Crippen LogP contribution is -2.35. The maximum absolute atomic E-state index is 13.2. The summed E-state index contributed by atoms with van der Waals surface area (Å²) in [5, 5.41) is 3.51. The van der Waals surface area contributed by atoms with Crippen molar-refractivity contribution in [3.8, 4) is 5.75 Å². The second-order valence-corrected chi connectivity index (χ2v) is 10.6. The summed E-state index contributed by atoms with van der Waals surface area (Å²) in [4.78, 5) is 14.2. The molecule has 1 saturated heterocycles. The van der Waals surface area contributed by atoms with Gasteiger partial charge in [0.15, 0.2) is 15.9 Å². The van der Waals surface area contributed by atoms with Gasteiger partial charge < -0.3 is 14.2 Å². The first kappa shape index (κ1) is 24.4. The number of piperidine rings is 1. The van der Waals surface area contributed by atoms with Crippen LogP contribution in [-0.2, 0) is 21.4 Å². The van der Waals surface area contributed by atoms with Crippen molar-refractivity contribution in [3.63, 3.8) is 0 Å². The topological polar surface area (TPSA) is 89.7 Å². The normalized spacial score (nSPS) is 23.5. The van der Waals surface area contributed by atoms with Gasteiger partial charge in [-0.15, -0.1) is 0 Å². The van der Waals surface area contributed by atoms with Gasteiger partial charge in [-0.25, -0.2) is 8.42 Å². The van der Waals surface area contributed by atoms with Crippen LogP contribution in [0.25, 0.3) is 0 Å². The molecule has 2 aromatic rings. The van der Waals surface area contributed by atoms with Crippen LogP contribution in [0.3, 0.4) is 0 Å². The molecule has 186 valence electrons. The fourth-order valence-electron chi connectivity index (χ4n) is 4.11. The molecule has 2 aliphatic rings. The predicted octanol–water partition coefficient (Wildman–Crippen LogP) is 3.84. The maximum Gasteiger partial charge on any atom is 0.452 e. The summed E-state index contributed by atoms with van der Waals surface area (Å²) in [7, 11) is -3.80. The fourth-order valence-corrected chi connectivity index (χ4v) is 4.76. The van der Waals surface area contributed by atoms with E-state index in [2.05, 4.69) is 9.68 Å². The van der Waals surface area contributed by atoms with Crippen molar-refractivity contribution in [2.75, 3.05) is 19.3 Å². The minimum Gasteiger partial charge on any atom is -0.480 e. The van der Waals surface area contributed by atoms with E-state index >= 15 is 0 Å². The standard InChI is InChI=1S/C20H18F6N2O5S/c1-10(19(21,22)23)32-14-4-3-12(34(2,30)31)5-13(14)17(29)28-8-11-7-18(11,9-28)15-6-16(33-27-15)20(24,25)26/h3-6,10-11H,7-9H2,1-2H3/t10?,11-,18+/m1/s1. The van der Waals surface area contributed by atoms with E-state index in [4.69, 9.17) is 4.74 Å². The molecule has 0 bridgehead atoms. The molecule has 1 unspecified atom stereocenters. The van der Waals surface area contributed by atoms with E-state index in [0.717, 1.165) is 37.4 Å². The number of amides is 1. The largest absolute Gasteiger partial charge is 0.480 e. The number of alkyl halides is 6. The molecular formula is C20H18F6N2O5S. The number of fused-ring (bicyclic) bond motifs is 1. The molecule has 1 aromatic carbocycles. The molecule has 1 saturated carbocycles. The summed E-state index contributed by atoms with van der Waals surface area (Å²) in [6.45, 7) is 0.781. The third-order valence-electron chi connectivity index (χ3n) is 6.11. The predicted molar refractivity (Wildman–Crippen MR) is 103 cm³/mol. The Balaban J connectivity index is 1.63. The Labute approximate surface area is 189 Å². The van der Waals surface area contributed by atoms with Crippen LogP contribution in [0.5, 0.6) is 5.75 Å². The zero-order valence-corrected chi connectivity index (χ0v) is 18.5. The Bertz CT molecular complexity index is 1240. The van der Waals surface area contributed by atoms with Crippen molar-refractivity contribution in [2.24, 2.45) is 5.92 Å². The van der Waals surface area contributed by atoms with E-state index in [1.54, 1.807) is 0 Å². The van der Waals surface area contributed by atoms with Gasteiger partial charge in [0.1, 0.15) is 5.75 Å². The number of hydrogen-bond donors (Lipinski definition) is 0. The lowest BCUT2D eigenvalue weighted by molar-refractivity contribution is -0.189. The van der Waals surface area contributed by atoms with Crippen LogP contribution < -0.4 is 4.74 Å². The number of ether oxygens (including phenoxy) is 1. The van der Waals surface area contributed by atoms with Crippen molar-refractivity contribution in [3.05, 3.63) is 41.3 Å². The maximum atomic E-state index is 13.2. The number of benzene rings is 1. The van der Waals surface area contributed by atoms with Crippen LogP contribution in [0.4, 0.5) is 26.3 Å². The number of sulfone groups is 1. The summed E-state index contributed by atoms with van der Waals surface area (Å²) >= 11 is 0. The lowest BCUT2D eigenvalue weighted by Gasteiger charge is -2.24. The molecular weight excluding hydrogens is 494 g/mol. The molecule has 14 heteroatoms. The second kappa shape index (κ2) is 7.62. The van der Waals surface area contributed by atoms with Crippen LogP contribution in [0.15, 0.2) is 33.7 Å². The molecule has 1 aromatic heterocycles. The minimum atomic E-state index is -4.74. The molecule has 4 rings (SSSR count). The minimum absolute atomic E-state index is 0.0344. The van der Waals surface area contributed by atoms with Gasteiger partial charge >= 0.3 is 12.4 Å². The van der Waals surface area contributed by atoms with Gasteiger partial charge in [-0.1, -0.05) is 5.16 Å². The lowest BCUT2D eigenvalue weighted by atomic mass is 10.0. The van der Waals surface area contributed by atoms with Crippen LogP contribution >= 0.6 is 0 Å². The van der Waals surface area contributed by atoms with Gasteiger partial charge in [0.05, 0.1) is 16.2 Å². The molecule has 34 heavy (non-hydrogen) atoms. The molecule has 1 amide bonds. The average Bonchev–Trinajstić information content (AvgIpc) is 3.07.